The van der Waals surface area contributed by atoms with Gasteiger partial charge in [0.15, 0.2) is 0 Å². The van der Waals surface area contributed by atoms with E-state index in [0.717, 1.165) is 27.3 Å². The quantitative estimate of drug-likeness (QED) is 0.787. The molecule has 0 bridgehead atoms. The van der Waals surface area contributed by atoms with Gasteiger partial charge in [0, 0.05) is 23.4 Å². The summed E-state index contributed by atoms with van der Waals surface area (Å²) in [6, 6.07) is 9.46. The van der Waals surface area contributed by atoms with Gasteiger partial charge in [0.25, 0.3) is 5.56 Å². The van der Waals surface area contributed by atoms with Crippen molar-refractivity contribution in [3.05, 3.63) is 51.8 Å². The molecule has 0 radical (unpaired) electrons. The number of rotatable bonds is 4. The lowest BCUT2D eigenvalue weighted by molar-refractivity contribution is -0.143. The van der Waals surface area contributed by atoms with Crippen LogP contribution in [0.3, 0.4) is 0 Å². The zero-order valence-corrected chi connectivity index (χ0v) is 15.7. The Morgan fingerprint density at radius 2 is 2.00 bits per heavy atom. The number of hydrogen-bond donors (Lipinski definition) is 0. The minimum absolute atomic E-state index is 0.0960. The molecule has 2 heterocycles. The minimum Gasteiger partial charge on any atom is -0.467 e. The number of methoxy groups -OCH3 is 1. The van der Waals surface area contributed by atoms with Gasteiger partial charge in [0.1, 0.15) is 6.04 Å². The van der Waals surface area contributed by atoms with Crippen LogP contribution in [0.25, 0.3) is 11.1 Å². The van der Waals surface area contributed by atoms with Gasteiger partial charge in [-0.1, -0.05) is 30.3 Å². The van der Waals surface area contributed by atoms with Crippen molar-refractivity contribution in [1.29, 1.82) is 0 Å². The van der Waals surface area contributed by atoms with Gasteiger partial charge in [-0.15, -0.1) is 11.8 Å². The lowest BCUT2D eigenvalue weighted by Gasteiger charge is -2.21. The third-order valence-electron chi connectivity index (χ3n) is 4.44. The van der Waals surface area contributed by atoms with Crippen LogP contribution < -0.4 is 5.56 Å². The highest BCUT2D eigenvalue weighted by atomic mass is 32.2. The highest BCUT2D eigenvalue weighted by molar-refractivity contribution is 7.99. The number of thioether (sulfide) groups is 1. The summed E-state index contributed by atoms with van der Waals surface area (Å²) in [5, 5.41) is 0.853. The van der Waals surface area contributed by atoms with E-state index >= 15 is 0 Å². The number of nitrogens with zero attached hydrogens (tertiary/aromatic N) is 2. The summed E-state index contributed by atoms with van der Waals surface area (Å²) in [5.74, 6) is 0.152. The predicted molar refractivity (Wildman–Crippen MR) is 100 cm³/mol. The van der Waals surface area contributed by atoms with Crippen LogP contribution in [0, 0.1) is 6.92 Å². The van der Waals surface area contributed by atoms with Gasteiger partial charge >= 0.3 is 5.97 Å². The van der Waals surface area contributed by atoms with Crippen molar-refractivity contribution in [3.8, 4) is 11.1 Å². The first-order chi connectivity index (χ1) is 12.0. The van der Waals surface area contributed by atoms with Gasteiger partial charge in [-0.3, -0.25) is 9.36 Å². The Hall–Kier alpha value is -2.05. The van der Waals surface area contributed by atoms with E-state index in [1.54, 1.807) is 16.3 Å². The standard InChI is InChI=1S/C19H22N2O3S/c1-12-14(10-20(2)3)17(22)21-15(19(23)24-4)11-25-18(21)16(12)13-8-6-5-7-9-13/h5-9,15H,10-11H2,1-4H3/t15-/m0/s1. The number of pyridine rings is 1. The van der Waals surface area contributed by atoms with Crippen LogP contribution in [0.5, 0.6) is 0 Å². The first-order valence-corrected chi connectivity index (χ1v) is 9.13. The highest BCUT2D eigenvalue weighted by Gasteiger charge is 2.35. The van der Waals surface area contributed by atoms with Gasteiger partial charge in [-0.25, -0.2) is 4.79 Å². The molecule has 132 valence electrons. The molecule has 1 aromatic carbocycles. The molecule has 0 fully saturated rings. The number of ether oxygens (including phenoxy) is 1. The Labute approximate surface area is 151 Å². The molecule has 1 aliphatic heterocycles. The first-order valence-electron chi connectivity index (χ1n) is 8.14. The molecule has 25 heavy (non-hydrogen) atoms. The fourth-order valence-corrected chi connectivity index (χ4v) is 4.61. The summed E-state index contributed by atoms with van der Waals surface area (Å²) < 4.78 is 6.55. The normalized spacial score (nSPS) is 16.1. The second-order valence-corrected chi connectivity index (χ2v) is 7.42. The molecule has 0 saturated carbocycles. The first kappa shape index (κ1) is 17.8. The molecule has 1 aliphatic rings. The maximum Gasteiger partial charge on any atom is 0.329 e. The van der Waals surface area contributed by atoms with Crippen molar-refractivity contribution < 1.29 is 9.53 Å². The zero-order chi connectivity index (χ0) is 18.1. The van der Waals surface area contributed by atoms with Crippen LogP contribution in [-0.4, -0.2) is 42.4 Å². The van der Waals surface area contributed by atoms with E-state index in [1.165, 1.54) is 7.11 Å². The van der Waals surface area contributed by atoms with Crippen LogP contribution >= 0.6 is 11.8 Å². The summed E-state index contributed by atoms with van der Waals surface area (Å²) in [7, 11) is 5.24. The molecule has 0 amide bonds. The van der Waals surface area contributed by atoms with E-state index in [4.69, 9.17) is 4.74 Å². The highest BCUT2D eigenvalue weighted by Crippen LogP contribution is 2.41. The van der Waals surface area contributed by atoms with Crippen molar-refractivity contribution in [2.24, 2.45) is 0 Å². The molecule has 1 atom stereocenters. The van der Waals surface area contributed by atoms with Crippen LogP contribution in [0.1, 0.15) is 17.2 Å². The number of hydrogen-bond acceptors (Lipinski definition) is 5. The van der Waals surface area contributed by atoms with Crippen LogP contribution in [0.2, 0.25) is 0 Å². The number of benzene rings is 1. The van der Waals surface area contributed by atoms with Crippen LogP contribution in [0.4, 0.5) is 0 Å². The topological polar surface area (TPSA) is 51.5 Å². The number of carbonyl (C=O) groups is 1. The molecule has 6 heteroatoms. The second kappa shape index (κ2) is 7.06. The Kier molecular flexibility index (Phi) is 5.01. The van der Waals surface area contributed by atoms with E-state index in [1.807, 2.05) is 56.3 Å². The van der Waals surface area contributed by atoms with Gasteiger partial charge in [0.05, 0.1) is 12.1 Å². The number of fused-ring (bicyclic) bond motifs is 1. The van der Waals surface area contributed by atoms with Crippen molar-refractivity contribution in [2.45, 2.75) is 24.5 Å². The molecule has 0 saturated heterocycles. The third kappa shape index (κ3) is 3.12. The second-order valence-electron chi connectivity index (χ2n) is 6.41. The fourth-order valence-electron chi connectivity index (χ4n) is 3.24. The molecule has 2 aromatic rings. The van der Waals surface area contributed by atoms with E-state index < -0.39 is 6.04 Å². The molecule has 0 aliphatic carbocycles. The maximum absolute atomic E-state index is 13.1. The SMILES string of the molecule is COC(=O)[C@@H]1CSc2c(-c3ccccc3)c(C)c(CN(C)C)c(=O)n21. The monoisotopic (exact) mass is 358 g/mol. The van der Waals surface area contributed by atoms with E-state index in [0.29, 0.717) is 12.3 Å². The molecule has 1 aromatic heterocycles. The van der Waals surface area contributed by atoms with E-state index in [-0.39, 0.29) is 11.5 Å². The molecular formula is C19H22N2O3S. The van der Waals surface area contributed by atoms with Crippen molar-refractivity contribution >= 4 is 17.7 Å². The maximum atomic E-state index is 13.1. The molecule has 3 rings (SSSR count). The molecule has 0 unspecified atom stereocenters. The van der Waals surface area contributed by atoms with Crippen LogP contribution in [-0.2, 0) is 16.1 Å². The smallest absolute Gasteiger partial charge is 0.329 e. The summed E-state index contributed by atoms with van der Waals surface area (Å²) in [5.41, 5.74) is 3.70. The largest absolute Gasteiger partial charge is 0.467 e. The van der Waals surface area contributed by atoms with E-state index in [9.17, 15) is 9.59 Å². The van der Waals surface area contributed by atoms with Crippen molar-refractivity contribution in [3.63, 3.8) is 0 Å². The summed E-state index contributed by atoms with van der Waals surface area (Å²) in [6.07, 6.45) is 0. The average molecular weight is 358 g/mol. The van der Waals surface area contributed by atoms with Crippen molar-refractivity contribution in [2.75, 3.05) is 27.0 Å². The lowest BCUT2D eigenvalue weighted by Crippen LogP contribution is -2.34. The zero-order valence-electron chi connectivity index (χ0n) is 14.9. The Morgan fingerprint density at radius 1 is 1.32 bits per heavy atom. The average Bonchev–Trinajstić information content (AvgIpc) is 3.03. The molecular weight excluding hydrogens is 336 g/mol. The number of aromatic nitrogens is 1. The predicted octanol–water partition coefficient (Wildman–Crippen LogP) is 2.71. The summed E-state index contributed by atoms with van der Waals surface area (Å²) in [4.78, 5) is 27.3. The summed E-state index contributed by atoms with van der Waals surface area (Å²) >= 11 is 1.55. The Bertz CT molecular complexity index is 859. The van der Waals surface area contributed by atoms with Crippen LogP contribution in [0.15, 0.2) is 40.2 Å². The van der Waals surface area contributed by atoms with Gasteiger partial charge in [0.2, 0.25) is 0 Å². The van der Waals surface area contributed by atoms with Crippen molar-refractivity contribution in [1.82, 2.24) is 9.47 Å². The fraction of sp³-hybridized carbons (Fsp3) is 0.368. The van der Waals surface area contributed by atoms with Gasteiger partial charge < -0.3 is 9.64 Å². The third-order valence-corrected chi connectivity index (χ3v) is 5.59. The summed E-state index contributed by atoms with van der Waals surface area (Å²) in [6.45, 7) is 2.53. The molecule has 0 N–H and O–H groups in total. The Morgan fingerprint density at radius 3 is 2.60 bits per heavy atom. The molecule has 0 spiro atoms. The number of carbonyl (C=O) groups excluding carboxylic acids is 1. The minimum atomic E-state index is -0.568. The van der Waals surface area contributed by atoms with Gasteiger partial charge in [-0.2, -0.15) is 0 Å². The van der Waals surface area contributed by atoms with Gasteiger partial charge in [-0.05, 0) is 32.1 Å². The Balaban J connectivity index is 2.31. The molecule has 5 nitrogen and oxygen atoms in total. The lowest BCUT2D eigenvalue weighted by atomic mass is 9.98. The van der Waals surface area contributed by atoms with E-state index in [2.05, 4.69) is 0 Å². The number of esters is 1.